The quantitative estimate of drug-likeness (QED) is 0.610. The lowest BCUT2D eigenvalue weighted by atomic mass is 9.86. The summed E-state index contributed by atoms with van der Waals surface area (Å²) in [6.07, 6.45) is 0. The third kappa shape index (κ3) is 1.25. The van der Waals surface area contributed by atoms with Crippen molar-refractivity contribution in [2.75, 3.05) is 0 Å². The van der Waals surface area contributed by atoms with E-state index in [1.54, 1.807) is 31.2 Å². The fourth-order valence-electron chi connectivity index (χ4n) is 1.69. The molecule has 2 rings (SSSR count). The first-order chi connectivity index (χ1) is 7.21. The van der Waals surface area contributed by atoms with Gasteiger partial charge in [0, 0.05) is 0 Å². The average molecular weight is 205 g/mol. The van der Waals surface area contributed by atoms with Crippen LogP contribution in [0.4, 0.5) is 0 Å². The maximum absolute atomic E-state index is 11.7. The van der Waals surface area contributed by atoms with Crippen molar-refractivity contribution in [2.24, 2.45) is 5.10 Å². The van der Waals surface area contributed by atoms with Gasteiger partial charge in [0.2, 0.25) is 0 Å². The highest BCUT2D eigenvalue weighted by Crippen LogP contribution is 2.25. The minimum absolute atomic E-state index is 0.381. The highest BCUT2D eigenvalue weighted by molar-refractivity contribution is 6.15. The predicted octanol–water partition coefficient (Wildman–Crippen LogP) is 0.366. The molecule has 1 aromatic rings. The molecule has 0 spiro atoms. The van der Waals surface area contributed by atoms with E-state index in [0.29, 0.717) is 11.3 Å². The number of nitrogens with one attached hydrogen (secondary N) is 2. The Morgan fingerprint density at radius 2 is 2.07 bits per heavy atom. The van der Waals surface area contributed by atoms with Crippen molar-refractivity contribution in [1.29, 1.82) is 0 Å². The van der Waals surface area contributed by atoms with Gasteiger partial charge in [-0.2, -0.15) is 10.6 Å². The number of nitrogens with zero attached hydrogens (tertiary/aromatic N) is 1. The molecule has 0 saturated carbocycles. The molecule has 15 heavy (non-hydrogen) atoms. The summed E-state index contributed by atoms with van der Waals surface area (Å²) < 4.78 is 0. The van der Waals surface area contributed by atoms with Gasteiger partial charge in [0.1, 0.15) is 0 Å². The monoisotopic (exact) mass is 205 g/mol. The number of carbonyl (C=O) groups excluding carboxylic acids is 1. The standard InChI is InChI=1S/C10H11N3O2/c1-7-10(13-15,9(14)12-11-7)8-5-3-2-4-6-8/h2-6,13,15H,1H3,(H,12,14). The van der Waals surface area contributed by atoms with Gasteiger partial charge in [0.15, 0.2) is 5.54 Å². The minimum atomic E-state index is -1.25. The highest BCUT2D eigenvalue weighted by Gasteiger charge is 2.46. The molecular weight excluding hydrogens is 194 g/mol. The number of hydrazone groups is 1. The molecular formula is C10H11N3O2. The van der Waals surface area contributed by atoms with Gasteiger partial charge in [-0.1, -0.05) is 30.3 Å². The van der Waals surface area contributed by atoms with Crippen LogP contribution < -0.4 is 10.9 Å². The number of hydrogen-bond acceptors (Lipinski definition) is 4. The van der Waals surface area contributed by atoms with Crippen molar-refractivity contribution >= 4 is 11.6 Å². The molecule has 1 aliphatic heterocycles. The number of hydrogen-bond donors (Lipinski definition) is 3. The molecule has 5 nitrogen and oxygen atoms in total. The van der Waals surface area contributed by atoms with Crippen molar-refractivity contribution in [3.8, 4) is 0 Å². The maximum atomic E-state index is 11.7. The molecule has 0 fully saturated rings. The number of amides is 1. The summed E-state index contributed by atoms with van der Waals surface area (Å²) in [5.74, 6) is -0.381. The van der Waals surface area contributed by atoms with Crippen LogP contribution >= 0.6 is 0 Å². The summed E-state index contributed by atoms with van der Waals surface area (Å²) in [5.41, 5.74) is 4.28. The largest absolute Gasteiger partial charge is 0.315 e. The lowest BCUT2D eigenvalue weighted by Crippen LogP contribution is -2.52. The molecule has 0 saturated heterocycles. The Hall–Kier alpha value is -1.72. The molecule has 0 aromatic heterocycles. The smallest absolute Gasteiger partial charge is 0.273 e. The van der Waals surface area contributed by atoms with Crippen LogP contribution in [0, 0.1) is 0 Å². The Balaban J connectivity index is 2.56. The normalized spacial score (nSPS) is 24.9. The molecule has 5 heteroatoms. The maximum Gasteiger partial charge on any atom is 0.273 e. The molecule has 1 amide bonds. The van der Waals surface area contributed by atoms with Gasteiger partial charge in [-0.3, -0.25) is 4.79 Å². The Morgan fingerprint density at radius 1 is 1.40 bits per heavy atom. The summed E-state index contributed by atoms with van der Waals surface area (Å²) in [5, 5.41) is 13.0. The molecule has 0 aliphatic carbocycles. The molecule has 1 aliphatic rings. The molecule has 1 aromatic carbocycles. The van der Waals surface area contributed by atoms with E-state index >= 15 is 0 Å². The third-order valence-corrected chi connectivity index (χ3v) is 2.58. The Kier molecular flexibility index (Phi) is 2.26. The van der Waals surface area contributed by atoms with Gasteiger partial charge >= 0.3 is 0 Å². The number of carbonyl (C=O) groups is 1. The molecule has 1 unspecified atom stereocenters. The fraction of sp³-hybridized carbons (Fsp3) is 0.200. The van der Waals surface area contributed by atoms with E-state index in [1.807, 2.05) is 6.07 Å². The van der Waals surface area contributed by atoms with E-state index in [1.165, 1.54) is 0 Å². The third-order valence-electron chi connectivity index (χ3n) is 2.58. The fourth-order valence-corrected chi connectivity index (χ4v) is 1.69. The van der Waals surface area contributed by atoms with Crippen LogP contribution in [0.5, 0.6) is 0 Å². The zero-order chi connectivity index (χ0) is 10.9. The lowest BCUT2D eigenvalue weighted by molar-refractivity contribution is -0.127. The molecule has 1 atom stereocenters. The zero-order valence-corrected chi connectivity index (χ0v) is 8.19. The minimum Gasteiger partial charge on any atom is -0.315 e. The van der Waals surface area contributed by atoms with Crippen molar-refractivity contribution in [3.63, 3.8) is 0 Å². The van der Waals surface area contributed by atoms with Gasteiger partial charge in [0.05, 0.1) is 5.71 Å². The van der Waals surface area contributed by atoms with E-state index in [4.69, 9.17) is 0 Å². The first-order valence-electron chi connectivity index (χ1n) is 4.54. The predicted molar refractivity (Wildman–Crippen MR) is 54.3 cm³/mol. The second kappa shape index (κ2) is 3.45. The summed E-state index contributed by atoms with van der Waals surface area (Å²) >= 11 is 0. The van der Waals surface area contributed by atoms with Gasteiger partial charge in [0.25, 0.3) is 5.91 Å². The molecule has 3 N–H and O–H groups in total. The van der Waals surface area contributed by atoms with Crippen LogP contribution in [-0.4, -0.2) is 16.8 Å². The van der Waals surface area contributed by atoms with Crippen molar-refractivity contribution < 1.29 is 10.0 Å². The Labute approximate surface area is 86.8 Å². The van der Waals surface area contributed by atoms with Crippen molar-refractivity contribution in [2.45, 2.75) is 12.5 Å². The van der Waals surface area contributed by atoms with Gasteiger partial charge in [-0.25, -0.2) is 5.43 Å². The highest BCUT2D eigenvalue weighted by atomic mass is 16.5. The van der Waals surface area contributed by atoms with E-state index < -0.39 is 5.54 Å². The van der Waals surface area contributed by atoms with Crippen LogP contribution in [-0.2, 0) is 10.3 Å². The first-order valence-corrected chi connectivity index (χ1v) is 4.54. The number of benzene rings is 1. The van der Waals surface area contributed by atoms with Crippen molar-refractivity contribution in [3.05, 3.63) is 35.9 Å². The summed E-state index contributed by atoms with van der Waals surface area (Å²) in [4.78, 5) is 11.7. The summed E-state index contributed by atoms with van der Waals surface area (Å²) in [6.45, 7) is 1.67. The van der Waals surface area contributed by atoms with E-state index in [9.17, 15) is 10.0 Å². The van der Waals surface area contributed by atoms with Gasteiger partial charge < -0.3 is 5.21 Å². The van der Waals surface area contributed by atoms with Crippen molar-refractivity contribution in [1.82, 2.24) is 10.9 Å². The van der Waals surface area contributed by atoms with Crippen LogP contribution in [0.25, 0.3) is 0 Å². The second-order valence-corrected chi connectivity index (χ2v) is 3.37. The topological polar surface area (TPSA) is 73.7 Å². The first kappa shape index (κ1) is 9.82. The van der Waals surface area contributed by atoms with Crippen LogP contribution in [0.15, 0.2) is 35.4 Å². The summed E-state index contributed by atoms with van der Waals surface area (Å²) in [7, 11) is 0. The molecule has 78 valence electrons. The Morgan fingerprint density at radius 3 is 2.53 bits per heavy atom. The van der Waals surface area contributed by atoms with E-state index in [0.717, 1.165) is 0 Å². The average Bonchev–Trinajstić information content (AvgIpc) is 2.57. The van der Waals surface area contributed by atoms with Crippen LogP contribution in [0.2, 0.25) is 0 Å². The molecule has 0 radical (unpaired) electrons. The number of hydroxylamine groups is 1. The van der Waals surface area contributed by atoms with Crippen LogP contribution in [0.1, 0.15) is 12.5 Å². The molecule has 1 heterocycles. The lowest BCUT2D eigenvalue weighted by Gasteiger charge is -2.24. The second-order valence-electron chi connectivity index (χ2n) is 3.37. The zero-order valence-electron chi connectivity index (χ0n) is 8.19. The molecule has 0 bridgehead atoms. The van der Waals surface area contributed by atoms with Crippen LogP contribution in [0.3, 0.4) is 0 Å². The van der Waals surface area contributed by atoms with Gasteiger partial charge in [-0.05, 0) is 12.5 Å². The number of rotatable bonds is 2. The summed E-state index contributed by atoms with van der Waals surface area (Å²) in [6, 6.07) is 8.95. The van der Waals surface area contributed by atoms with Gasteiger partial charge in [-0.15, -0.1) is 0 Å². The SMILES string of the molecule is CC1=NNC(=O)C1(NO)c1ccccc1. The van der Waals surface area contributed by atoms with E-state index in [-0.39, 0.29) is 5.91 Å². The van der Waals surface area contributed by atoms with E-state index in [2.05, 4.69) is 16.0 Å². The Bertz CT molecular complexity index is 416.